The minimum Gasteiger partial charge on any atom is -0.351 e. The number of carbonyl (C=O) groups is 3. The van der Waals surface area contributed by atoms with Crippen LogP contribution in [0, 0.1) is 5.82 Å². The Labute approximate surface area is 187 Å². The van der Waals surface area contributed by atoms with Crippen LogP contribution >= 0.6 is 11.6 Å². The van der Waals surface area contributed by atoms with Gasteiger partial charge >= 0.3 is 12.1 Å². The van der Waals surface area contributed by atoms with E-state index in [9.17, 15) is 18.8 Å². The van der Waals surface area contributed by atoms with Gasteiger partial charge in [0.25, 0.3) is 0 Å². The molecule has 11 heteroatoms. The van der Waals surface area contributed by atoms with E-state index in [1.807, 2.05) is 0 Å². The van der Waals surface area contributed by atoms with Crippen molar-refractivity contribution in [2.75, 3.05) is 11.9 Å². The predicted octanol–water partition coefficient (Wildman–Crippen LogP) is 2.79. The van der Waals surface area contributed by atoms with E-state index >= 15 is 0 Å². The fraction of sp³-hybridized carbons (Fsp3) is 0.190. The lowest BCUT2D eigenvalue weighted by molar-refractivity contribution is -0.125. The number of nitrogens with zero attached hydrogens (tertiary/aromatic N) is 2. The average Bonchev–Trinajstić information content (AvgIpc) is 3.40. The van der Waals surface area contributed by atoms with Gasteiger partial charge in [0.2, 0.25) is 5.91 Å². The molecule has 9 nitrogen and oxygen atoms in total. The van der Waals surface area contributed by atoms with Gasteiger partial charge in [0.05, 0.1) is 16.2 Å². The molecule has 0 unspecified atom stereocenters. The van der Waals surface area contributed by atoms with Crippen LogP contribution in [-0.2, 0) is 11.3 Å². The number of nitrogens with two attached hydrogens (primary N) is 1. The second kappa shape index (κ2) is 8.85. The predicted molar refractivity (Wildman–Crippen MR) is 117 cm³/mol. The summed E-state index contributed by atoms with van der Waals surface area (Å²) in [6, 6.07) is 9.42. The number of nitrogens with one attached hydrogen (secondary N) is 3. The smallest absolute Gasteiger partial charge is 0.336 e. The van der Waals surface area contributed by atoms with E-state index in [0.717, 1.165) is 0 Å². The van der Waals surface area contributed by atoms with Gasteiger partial charge in [-0.25, -0.2) is 24.4 Å². The van der Waals surface area contributed by atoms with E-state index in [2.05, 4.69) is 16.1 Å². The van der Waals surface area contributed by atoms with Crippen LogP contribution in [0.25, 0.3) is 10.9 Å². The Balaban J connectivity index is 1.47. The van der Waals surface area contributed by atoms with Gasteiger partial charge in [-0.05, 0) is 18.6 Å². The number of hydrazine groups is 1. The molecule has 1 fully saturated rings. The van der Waals surface area contributed by atoms with Crippen molar-refractivity contribution in [2.24, 2.45) is 5.73 Å². The molecule has 2 aromatic carbocycles. The maximum absolute atomic E-state index is 14.1. The Hall–Kier alpha value is -3.63. The summed E-state index contributed by atoms with van der Waals surface area (Å²) in [5.74, 6) is -1.04. The minimum atomic E-state index is -0.804. The number of benzene rings is 2. The third-order valence-electron chi connectivity index (χ3n) is 5.21. The minimum absolute atomic E-state index is 0.0320. The summed E-state index contributed by atoms with van der Waals surface area (Å²) in [6.07, 6.45) is 1.80. The van der Waals surface area contributed by atoms with Crippen LogP contribution in [0.5, 0.6) is 0 Å². The SMILES string of the molecule is NC(=O)n1cc(NC(=O)N2NCC[C@H]2C(=O)NCc2cccc(Cl)c2F)c2ccccc21. The molecule has 1 aliphatic heterocycles. The van der Waals surface area contributed by atoms with Gasteiger partial charge in [0.15, 0.2) is 0 Å². The highest BCUT2D eigenvalue weighted by Crippen LogP contribution is 2.26. The highest BCUT2D eigenvalue weighted by atomic mass is 35.5. The third kappa shape index (κ3) is 4.10. The first-order valence-corrected chi connectivity index (χ1v) is 10.2. The van der Waals surface area contributed by atoms with E-state index in [-0.39, 0.29) is 17.1 Å². The molecular formula is C21H20ClFN6O3. The molecule has 1 atom stereocenters. The van der Waals surface area contributed by atoms with Crippen molar-refractivity contribution < 1.29 is 18.8 Å². The summed E-state index contributed by atoms with van der Waals surface area (Å²) >= 11 is 5.77. The lowest BCUT2D eigenvalue weighted by atomic mass is 10.2. The number of carbonyl (C=O) groups excluding carboxylic acids is 3. The number of anilines is 1. The van der Waals surface area contributed by atoms with Crippen LogP contribution in [0.15, 0.2) is 48.7 Å². The van der Waals surface area contributed by atoms with Crippen molar-refractivity contribution in [2.45, 2.75) is 19.0 Å². The molecule has 4 amide bonds. The molecule has 4 rings (SSSR count). The summed E-state index contributed by atoms with van der Waals surface area (Å²) < 4.78 is 15.3. The maximum atomic E-state index is 14.1. The van der Waals surface area contributed by atoms with Gasteiger partial charge in [-0.15, -0.1) is 0 Å². The van der Waals surface area contributed by atoms with Gasteiger partial charge in [0.1, 0.15) is 11.9 Å². The monoisotopic (exact) mass is 458 g/mol. The zero-order chi connectivity index (χ0) is 22.8. The first-order valence-electron chi connectivity index (χ1n) is 9.81. The van der Waals surface area contributed by atoms with E-state index in [1.165, 1.54) is 27.9 Å². The van der Waals surface area contributed by atoms with E-state index in [1.54, 1.807) is 30.3 Å². The van der Waals surface area contributed by atoms with Crippen LogP contribution in [0.2, 0.25) is 5.02 Å². The summed E-state index contributed by atoms with van der Waals surface area (Å²) in [5.41, 5.74) is 9.44. The highest BCUT2D eigenvalue weighted by Gasteiger charge is 2.34. The summed E-state index contributed by atoms with van der Waals surface area (Å²) in [7, 11) is 0. The van der Waals surface area contributed by atoms with Gasteiger partial charge in [-0.1, -0.05) is 41.9 Å². The van der Waals surface area contributed by atoms with Crippen molar-refractivity contribution >= 4 is 46.2 Å². The Bertz CT molecular complexity index is 1210. The van der Waals surface area contributed by atoms with E-state index in [0.29, 0.717) is 29.6 Å². The fourth-order valence-electron chi connectivity index (χ4n) is 3.64. The Morgan fingerprint density at radius 2 is 1.97 bits per heavy atom. The van der Waals surface area contributed by atoms with Crippen molar-refractivity contribution in [3.8, 4) is 0 Å². The molecule has 32 heavy (non-hydrogen) atoms. The highest BCUT2D eigenvalue weighted by molar-refractivity contribution is 6.30. The van der Waals surface area contributed by atoms with Crippen LogP contribution in [0.3, 0.4) is 0 Å². The molecule has 0 spiro atoms. The Morgan fingerprint density at radius 3 is 2.75 bits per heavy atom. The quantitative estimate of drug-likeness (QED) is 0.480. The molecule has 3 aromatic rings. The zero-order valence-electron chi connectivity index (χ0n) is 16.8. The van der Waals surface area contributed by atoms with Crippen molar-refractivity contribution in [3.05, 3.63) is 65.1 Å². The van der Waals surface area contributed by atoms with Crippen LogP contribution in [-0.4, -0.2) is 40.1 Å². The number of amides is 4. The Morgan fingerprint density at radius 1 is 1.19 bits per heavy atom. The van der Waals surface area contributed by atoms with Crippen molar-refractivity contribution in [3.63, 3.8) is 0 Å². The fourth-order valence-corrected chi connectivity index (χ4v) is 3.84. The average molecular weight is 459 g/mol. The topological polar surface area (TPSA) is 121 Å². The largest absolute Gasteiger partial charge is 0.351 e. The van der Waals surface area contributed by atoms with Crippen molar-refractivity contribution in [1.29, 1.82) is 0 Å². The lowest BCUT2D eigenvalue weighted by Gasteiger charge is -2.23. The molecule has 1 saturated heterocycles. The second-order valence-corrected chi connectivity index (χ2v) is 7.62. The number of urea groups is 1. The normalized spacial score (nSPS) is 15.7. The molecule has 0 radical (unpaired) electrons. The number of rotatable bonds is 4. The number of aromatic nitrogens is 1. The maximum Gasteiger partial charge on any atom is 0.336 e. The molecular weight excluding hydrogens is 439 g/mol. The van der Waals surface area contributed by atoms with Gasteiger partial charge < -0.3 is 16.4 Å². The summed E-state index contributed by atoms with van der Waals surface area (Å²) in [6.45, 7) is 0.337. The zero-order valence-corrected chi connectivity index (χ0v) is 17.5. The number of primary amides is 1. The van der Waals surface area contributed by atoms with Gasteiger partial charge in [0, 0.05) is 30.2 Å². The first kappa shape index (κ1) is 21.6. The van der Waals surface area contributed by atoms with Crippen LogP contribution < -0.4 is 21.8 Å². The molecule has 5 N–H and O–H groups in total. The number of hydrogen-bond donors (Lipinski definition) is 4. The number of fused-ring (bicyclic) bond motifs is 1. The summed E-state index contributed by atoms with van der Waals surface area (Å²) in [4.78, 5) is 37.3. The molecule has 2 heterocycles. The third-order valence-corrected chi connectivity index (χ3v) is 5.50. The number of hydrogen-bond acceptors (Lipinski definition) is 4. The molecule has 0 aliphatic carbocycles. The molecule has 0 saturated carbocycles. The van der Waals surface area contributed by atoms with E-state index in [4.69, 9.17) is 17.3 Å². The van der Waals surface area contributed by atoms with E-state index < -0.39 is 29.8 Å². The lowest BCUT2D eigenvalue weighted by Crippen LogP contribution is -2.51. The first-order chi connectivity index (χ1) is 15.4. The molecule has 1 aromatic heterocycles. The van der Waals surface area contributed by atoms with Crippen LogP contribution in [0.4, 0.5) is 19.7 Å². The molecule has 1 aliphatic rings. The Kier molecular flexibility index (Phi) is 5.97. The van der Waals surface area contributed by atoms with Gasteiger partial charge in [-0.3, -0.25) is 9.36 Å². The van der Waals surface area contributed by atoms with Crippen LogP contribution in [0.1, 0.15) is 12.0 Å². The number of para-hydroxylation sites is 1. The standard InChI is InChI=1S/C21H20ClFN6O3/c22-14-6-3-4-12(18(14)23)10-25-19(30)17-8-9-26-29(17)21(32)27-15-11-28(20(24)31)16-7-2-1-5-13(15)16/h1-7,11,17,26H,8-10H2,(H2,24,31)(H,25,30)(H,27,32)/t17-/m0/s1. The number of halogens is 2. The molecule has 166 valence electrons. The molecule has 0 bridgehead atoms. The second-order valence-electron chi connectivity index (χ2n) is 7.21. The van der Waals surface area contributed by atoms with Crippen molar-refractivity contribution in [1.82, 2.24) is 20.3 Å². The van der Waals surface area contributed by atoms with Gasteiger partial charge in [-0.2, -0.15) is 0 Å². The summed E-state index contributed by atoms with van der Waals surface area (Å²) in [5, 5.41) is 7.13.